The van der Waals surface area contributed by atoms with Crippen molar-refractivity contribution in [3.05, 3.63) is 104 Å². The van der Waals surface area contributed by atoms with Gasteiger partial charge in [0, 0.05) is 49.6 Å². The Morgan fingerprint density at radius 1 is 1.02 bits per heavy atom. The highest BCUT2D eigenvalue weighted by atomic mass is 35.5. The van der Waals surface area contributed by atoms with Gasteiger partial charge in [-0.1, -0.05) is 11.6 Å². The highest BCUT2D eigenvalue weighted by Gasteiger charge is 2.17. The summed E-state index contributed by atoms with van der Waals surface area (Å²) in [5.41, 5.74) is -1.72. The van der Waals surface area contributed by atoms with Crippen LogP contribution in [0.25, 0.3) is 16.6 Å². The Morgan fingerprint density at radius 3 is 2.59 bits per heavy atom. The van der Waals surface area contributed by atoms with E-state index in [9.17, 15) is 19.1 Å². The predicted molar refractivity (Wildman–Crippen MR) is 179 cm³/mol. The van der Waals surface area contributed by atoms with Crippen LogP contribution in [-0.2, 0) is 4.74 Å². The second-order valence-corrected chi connectivity index (χ2v) is 11.3. The lowest BCUT2D eigenvalue weighted by atomic mass is 10.1. The van der Waals surface area contributed by atoms with Gasteiger partial charge in [0.05, 0.1) is 48.8 Å². The molecule has 0 spiro atoms. The lowest BCUT2D eigenvalue weighted by molar-refractivity contribution is 0.0357. The lowest BCUT2D eigenvalue weighted by Crippen LogP contribution is -2.37. The summed E-state index contributed by atoms with van der Waals surface area (Å²) in [7, 11) is 1.53. The fraction of sp³-hybridized carbons (Fsp3) is 0.235. The van der Waals surface area contributed by atoms with Gasteiger partial charge in [0.25, 0.3) is 5.56 Å². The number of hydrogen-bond donors (Lipinski definition) is 2. The van der Waals surface area contributed by atoms with Crippen LogP contribution in [0.1, 0.15) is 12.0 Å². The van der Waals surface area contributed by atoms with Crippen LogP contribution >= 0.6 is 11.6 Å². The van der Waals surface area contributed by atoms with E-state index in [1.807, 2.05) is 0 Å². The molecule has 3 heterocycles. The van der Waals surface area contributed by atoms with Crippen molar-refractivity contribution in [3.8, 4) is 34.6 Å². The Balaban J connectivity index is 1.19. The number of halogens is 3. The minimum atomic E-state index is -0.987. The van der Waals surface area contributed by atoms with Crippen LogP contribution in [0, 0.1) is 11.6 Å². The first kappa shape index (κ1) is 33.6. The maximum atomic E-state index is 15.3. The third-order valence-electron chi connectivity index (χ3n) is 7.73. The molecule has 0 amide bonds. The van der Waals surface area contributed by atoms with E-state index in [0.29, 0.717) is 34.8 Å². The SMILES string of the molecule is COc1cc2c(Oc3ccc(N=Cc4c(O)n(-c5ccc(F)c(Cl)c5)c(=O)[nH]c4=O)cc3F)ccnc2cc1OCCCN1CCOCC1. The Labute approximate surface area is 282 Å². The van der Waals surface area contributed by atoms with Gasteiger partial charge in [-0.3, -0.25) is 24.7 Å². The molecule has 15 heteroatoms. The van der Waals surface area contributed by atoms with Crippen LogP contribution in [0.15, 0.2) is 75.4 Å². The quantitative estimate of drug-likeness (QED) is 0.138. The number of H-pyrrole nitrogens is 1. The summed E-state index contributed by atoms with van der Waals surface area (Å²) < 4.78 is 52.5. The van der Waals surface area contributed by atoms with Gasteiger partial charge >= 0.3 is 5.69 Å². The number of pyridine rings is 1. The Kier molecular flexibility index (Phi) is 10.2. The number of morpholine rings is 1. The zero-order valence-corrected chi connectivity index (χ0v) is 26.9. The van der Waals surface area contributed by atoms with Crippen LogP contribution in [0.2, 0.25) is 5.02 Å². The summed E-state index contributed by atoms with van der Waals surface area (Å²) in [6.07, 6.45) is 3.33. The largest absolute Gasteiger partial charge is 0.493 e. The van der Waals surface area contributed by atoms with Gasteiger partial charge < -0.3 is 24.1 Å². The number of nitrogens with one attached hydrogen (secondary N) is 1. The molecule has 0 bridgehead atoms. The fourth-order valence-corrected chi connectivity index (χ4v) is 5.39. The molecule has 0 saturated carbocycles. The number of hydrogen-bond acceptors (Lipinski definition) is 10. The number of benzene rings is 3. The third-order valence-corrected chi connectivity index (χ3v) is 8.02. The third kappa shape index (κ3) is 7.56. The monoisotopic (exact) mass is 693 g/mol. The highest BCUT2D eigenvalue weighted by Crippen LogP contribution is 2.38. The zero-order chi connectivity index (χ0) is 34.5. The first-order valence-corrected chi connectivity index (χ1v) is 15.5. The van der Waals surface area contributed by atoms with Crippen molar-refractivity contribution in [1.29, 1.82) is 0 Å². The van der Waals surface area contributed by atoms with Crippen molar-refractivity contribution < 1.29 is 32.8 Å². The van der Waals surface area contributed by atoms with E-state index in [4.69, 9.17) is 30.5 Å². The number of aromatic amines is 1. The molecule has 254 valence electrons. The number of aromatic hydroxyl groups is 1. The minimum absolute atomic E-state index is 0.00293. The number of aliphatic imine (C=N–C) groups is 1. The van der Waals surface area contributed by atoms with E-state index in [0.717, 1.165) is 68.2 Å². The number of rotatable bonds is 11. The molecule has 2 aromatic heterocycles. The van der Waals surface area contributed by atoms with Gasteiger partial charge in [-0.2, -0.15) is 0 Å². The van der Waals surface area contributed by atoms with Crippen LogP contribution in [0.4, 0.5) is 14.5 Å². The standard InChI is InChI=1S/C34H30ClF2N5O7/c1-46-30-17-22-27(18-31(30)48-12-2-9-41-10-13-47-14-11-41)38-8-7-28(22)49-29-6-3-20(15-26(29)37)39-19-23-32(43)40-34(45)42(33(23)44)21-4-5-25(36)24(35)16-21/h3-8,15-19,44H,2,9-14H2,1H3,(H,40,43,45). The Morgan fingerprint density at radius 2 is 1.84 bits per heavy atom. The van der Waals surface area contributed by atoms with Crippen molar-refractivity contribution in [2.75, 3.05) is 46.6 Å². The van der Waals surface area contributed by atoms with Gasteiger partial charge in [-0.15, -0.1) is 0 Å². The number of fused-ring (bicyclic) bond motifs is 1. The van der Waals surface area contributed by atoms with Gasteiger partial charge in [0.1, 0.15) is 17.1 Å². The van der Waals surface area contributed by atoms with Crippen LogP contribution < -0.4 is 25.5 Å². The molecule has 1 aliphatic heterocycles. The molecule has 0 radical (unpaired) electrons. The lowest BCUT2D eigenvalue weighted by Gasteiger charge is -2.26. The second-order valence-electron chi connectivity index (χ2n) is 10.9. The molecule has 6 rings (SSSR count). The number of nitrogens with zero attached hydrogens (tertiary/aromatic N) is 4. The number of methoxy groups -OCH3 is 1. The molecule has 0 atom stereocenters. The molecule has 2 N–H and O–H groups in total. The highest BCUT2D eigenvalue weighted by molar-refractivity contribution is 6.30. The first-order chi connectivity index (χ1) is 23.7. The summed E-state index contributed by atoms with van der Waals surface area (Å²) in [6, 6.07) is 12.2. The fourth-order valence-electron chi connectivity index (χ4n) is 5.21. The minimum Gasteiger partial charge on any atom is -0.493 e. The summed E-state index contributed by atoms with van der Waals surface area (Å²) >= 11 is 5.82. The van der Waals surface area contributed by atoms with Gasteiger partial charge in [-0.05, 0) is 48.9 Å². The van der Waals surface area contributed by atoms with Crippen molar-refractivity contribution in [2.45, 2.75) is 6.42 Å². The van der Waals surface area contributed by atoms with Crippen LogP contribution in [-0.4, -0.2) is 77.3 Å². The van der Waals surface area contributed by atoms with Crippen LogP contribution in [0.5, 0.6) is 28.9 Å². The molecule has 0 aliphatic carbocycles. The molecule has 3 aromatic carbocycles. The predicted octanol–water partition coefficient (Wildman–Crippen LogP) is 5.36. The molecular formula is C34H30ClF2N5O7. The van der Waals surface area contributed by atoms with Gasteiger partial charge in [-0.25, -0.2) is 18.1 Å². The smallest absolute Gasteiger partial charge is 0.335 e. The van der Waals surface area contributed by atoms with E-state index in [2.05, 4.69) is 19.9 Å². The normalized spacial score (nSPS) is 13.6. The average molecular weight is 694 g/mol. The van der Waals surface area contributed by atoms with E-state index in [1.165, 1.54) is 31.5 Å². The Hall–Kier alpha value is -5.31. The van der Waals surface area contributed by atoms with Crippen molar-refractivity contribution in [1.82, 2.24) is 19.4 Å². The molecule has 12 nitrogen and oxygen atoms in total. The van der Waals surface area contributed by atoms with Gasteiger partial charge in [0.2, 0.25) is 5.88 Å². The van der Waals surface area contributed by atoms with E-state index >= 15 is 4.39 Å². The molecule has 0 unspecified atom stereocenters. The van der Waals surface area contributed by atoms with Crippen molar-refractivity contribution in [2.24, 2.45) is 4.99 Å². The average Bonchev–Trinajstić information content (AvgIpc) is 3.09. The maximum Gasteiger partial charge on any atom is 0.335 e. The van der Waals surface area contributed by atoms with E-state index in [-0.39, 0.29) is 22.1 Å². The van der Waals surface area contributed by atoms with Crippen molar-refractivity contribution >= 4 is 34.4 Å². The molecule has 1 aliphatic rings. The number of ether oxygens (including phenoxy) is 4. The van der Waals surface area contributed by atoms with Crippen LogP contribution in [0.3, 0.4) is 0 Å². The summed E-state index contributed by atoms with van der Waals surface area (Å²) in [5, 5.41) is 11.0. The van der Waals surface area contributed by atoms with E-state index in [1.54, 1.807) is 18.2 Å². The van der Waals surface area contributed by atoms with Gasteiger partial charge in [0.15, 0.2) is 23.1 Å². The summed E-state index contributed by atoms with van der Waals surface area (Å²) in [4.78, 5) is 37.8. The topological polar surface area (TPSA) is 140 Å². The zero-order valence-electron chi connectivity index (χ0n) is 26.1. The molecule has 1 fully saturated rings. The summed E-state index contributed by atoms with van der Waals surface area (Å²) in [5.74, 6) is -1.09. The van der Waals surface area contributed by atoms with E-state index < -0.39 is 34.3 Å². The molecule has 5 aromatic rings. The number of aromatic nitrogens is 3. The Bertz CT molecular complexity index is 2150. The molecular weight excluding hydrogens is 664 g/mol. The first-order valence-electron chi connectivity index (χ1n) is 15.2. The summed E-state index contributed by atoms with van der Waals surface area (Å²) in [6.45, 7) is 4.67. The second kappa shape index (κ2) is 14.8. The molecule has 1 saturated heterocycles. The molecule has 49 heavy (non-hydrogen) atoms. The van der Waals surface area contributed by atoms with Crippen molar-refractivity contribution in [3.63, 3.8) is 0 Å². The maximum absolute atomic E-state index is 15.3.